The number of nitrogens with one attached hydrogen (secondary N) is 2. The van der Waals surface area contributed by atoms with Crippen LogP contribution in [0.3, 0.4) is 0 Å². The normalized spacial score (nSPS) is 19.3. The molecule has 0 amide bonds. The number of aryl methyl sites for hydroxylation is 1. The Morgan fingerprint density at radius 1 is 1.23 bits per heavy atom. The van der Waals surface area contributed by atoms with Gasteiger partial charge in [0.1, 0.15) is 12.4 Å². The van der Waals surface area contributed by atoms with Gasteiger partial charge in [-0.25, -0.2) is 0 Å². The fraction of sp³-hybridized carbons (Fsp3) is 0.696. The smallest absolute Gasteiger partial charge is 0.191 e. The van der Waals surface area contributed by atoms with Gasteiger partial charge in [0.15, 0.2) is 5.96 Å². The maximum atomic E-state index is 6.11. The molecule has 1 atom stereocenters. The predicted octanol–water partition coefficient (Wildman–Crippen LogP) is 2.33. The summed E-state index contributed by atoms with van der Waals surface area (Å²) in [6.07, 6.45) is 5.03. The van der Waals surface area contributed by atoms with Gasteiger partial charge in [-0.05, 0) is 44.2 Å². The quantitative estimate of drug-likeness (QED) is 0.401. The highest BCUT2D eigenvalue weighted by molar-refractivity contribution is 5.79. The molecule has 1 unspecified atom stereocenters. The van der Waals surface area contributed by atoms with E-state index in [9.17, 15) is 0 Å². The van der Waals surface area contributed by atoms with Crippen molar-refractivity contribution in [3.05, 3.63) is 29.3 Å². The van der Waals surface area contributed by atoms with Crippen LogP contribution in [-0.4, -0.2) is 76.6 Å². The van der Waals surface area contributed by atoms with Crippen LogP contribution in [-0.2, 0) is 16.0 Å². The second-order valence-corrected chi connectivity index (χ2v) is 8.17. The van der Waals surface area contributed by atoms with E-state index >= 15 is 0 Å². The highest BCUT2D eigenvalue weighted by Gasteiger charge is 2.28. The Morgan fingerprint density at radius 3 is 2.80 bits per heavy atom. The van der Waals surface area contributed by atoms with E-state index in [0.717, 1.165) is 69.0 Å². The van der Waals surface area contributed by atoms with Crippen molar-refractivity contribution in [2.45, 2.75) is 51.3 Å². The molecule has 0 bridgehead atoms. The van der Waals surface area contributed by atoms with Crippen molar-refractivity contribution in [3.8, 4) is 5.75 Å². The molecule has 1 heterocycles. The Morgan fingerprint density at radius 2 is 2.10 bits per heavy atom. The zero-order valence-corrected chi connectivity index (χ0v) is 18.8. The number of guanidine groups is 1. The SMILES string of the molecule is CN=C(NCCN(CCOC)C1CC1)NCc1ccc(C)cc1OCC1CCCO1. The van der Waals surface area contributed by atoms with Crippen molar-refractivity contribution >= 4 is 5.96 Å². The molecule has 2 aliphatic rings. The first kappa shape index (κ1) is 22.8. The number of rotatable bonds is 12. The number of ether oxygens (including phenoxy) is 3. The lowest BCUT2D eigenvalue weighted by Crippen LogP contribution is -2.42. The van der Waals surface area contributed by atoms with E-state index in [1.54, 1.807) is 7.11 Å². The van der Waals surface area contributed by atoms with Gasteiger partial charge in [0.25, 0.3) is 0 Å². The Labute approximate surface area is 181 Å². The topological polar surface area (TPSA) is 67.4 Å². The average molecular weight is 419 g/mol. The van der Waals surface area contributed by atoms with Crippen molar-refractivity contribution in [3.63, 3.8) is 0 Å². The minimum Gasteiger partial charge on any atom is -0.491 e. The third kappa shape index (κ3) is 7.45. The fourth-order valence-electron chi connectivity index (χ4n) is 3.74. The van der Waals surface area contributed by atoms with Crippen LogP contribution in [0.15, 0.2) is 23.2 Å². The van der Waals surface area contributed by atoms with Crippen molar-refractivity contribution < 1.29 is 14.2 Å². The van der Waals surface area contributed by atoms with Gasteiger partial charge >= 0.3 is 0 Å². The number of methoxy groups -OCH3 is 1. The summed E-state index contributed by atoms with van der Waals surface area (Å²) >= 11 is 0. The molecule has 1 saturated carbocycles. The molecule has 3 rings (SSSR count). The maximum Gasteiger partial charge on any atom is 0.191 e. The fourth-order valence-corrected chi connectivity index (χ4v) is 3.74. The lowest BCUT2D eigenvalue weighted by atomic mass is 10.1. The second-order valence-electron chi connectivity index (χ2n) is 8.17. The first-order valence-electron chi connectivity index (χ1n) is 11.2. The van der Waals surface area contributed by atoms with Gasteiger partial charge in [0.2, 0.25) is 0 Å². The van der Waals surface area contributed by atoms with Gasteiger partial charge in [0, 0.05) is 58.5 Å². The van der Waals surface area contributed by atoms with Crippen LogP contribution < -0.4 is 15.4 Å². The van der Waals surface area contributed by atoms with E-state index in [0.29, 0.717) is 13.2 Å². The molecule has 0 aromatic heterocycles. The Balaban J connectivity index is 1.45. The van der Waals surface area contributed by atoms with Crippen molar-refractivity contribution in [2.75, 3.05) is 53.6 Å². The monoisotopic (exact) mass is 418 g/mol. The Hall–Kier alpha value is -1.83. The van der Waals surface area contributed by atoms with E-state index in [1.807, 2.05) is 7.05 Å². The molecule has 1 aromatic carbocycles. The number of hydrogen-bond donors (Lipinski definition) is 2. The van der Waals surface area contributed by atoms with Gasteiger partial charge < -0.3 is 24.8 Å². The summed E-state index contributed by atoms with van der Waals surface area (Å²) in [4.78, 5) is 6.87. The zero-order chi connectivity index (χ0) is 21.2. The lowest BCUT2D eigenvalue weighted by molar-refractivity contribution is 0.0676. The van der Waals surface area contributed by atoms with Crippen LogP contribution in [0.4, 0.5) is 0 Å². The molecule has 1 aliphatic carbocycles. The van der Waals surface area contributed by atoms with Crippen molar-refractivity contribution in [1.29, 1.82) is 0 Å². The summed E-state index contributed by atoms with van der Waals surface area (Å²) in [5.74, 6) is 1.73. The van der Waals surface area contributed by atoms with Gasteiger partial charge in [-0.3, -0.25) is 9.89 Å². The summed E-state index contributed by atoms with van der Waals surface area (Å²) < 4.78 is 17.0. The Bertz CT molecular complexity index is 672. The third-order valence-corrected chi connectivity index (χ3v) is 5.68. The minimum atomic E-state index is 0.216. The van der Waals surface area contributed by atoms with Crippen LogP contribution in [0.1, 0.15) is 36.8 Å². The average Bonchev–Trinajstić information content (AvgIpc) is 3.47. The van der Waals surface area contributed by atoms with Crippen LogP contribution in [0.5, 0.6) is 5.75 Å². The van der Waals surface area contributed by atoms with Gasteiger partial charge in [-0.15, -0.1) is 0 Å². The third-order valence-electron chi connectivity index (χ3n) is 5.68. The van der Waals surface area contributed by atoms with Crippen molar-refractivity contribution in [2.24, 2.45) is 4.99 Å². The molecule has 7 heteroatoms. The highest BCUT2D eigenvalue weighted by Crippen LogP contribution is 2.26. The molecule has 1 saturated heterocycles. The molecule has 0 radical (unpaired) electrons. The summed E-state index contributed by atoms with van der Waals surface area (Å²) in [5, 5.41) is 6.85. The van der Waals surface area contributed by atoms with Crippen LogP contribution in [0.25, 0.3) is 0 Å². The van der Waals surface area contributed by atoms with E-state index in [2.05, 4.69) is 45.6 Å². The molecule has 2 N–H and O–H groups in total. The van der Waals surface area contributed by atoms with Crippen LogP contribution in [0, 0.1) is 6.92 Å². The molecular formula is C23H38N4O3. The molecule has 1 aromatic rings. The van der Waals surface area contributed by atoms with Gasteiger partial charge in [0.05, 0.1) is 12.7 Å². The summed E-state index contributed by atoms with van der Waals surface area (Å²) in [6, 6.07) is 7.08. The minimum absolute atomic E-state index is 0.216. The first-order valence-corrected chi connectivity index (χ1v) is 11.2. The van der Waals surface area contributed by atoms with E-state index in [4.69, 9.17) is 14.2 Å². The summed E-state index contributed by atoms with van der Waals surface area (Å²) in [7, 11) is 3.57. The molecule has 30 heavy (non-hydrogen) atoms. The van der Waals surface area contributed by atoms with Crippen molar-refractivity contribution in [1.82, 2.24) is 15.5 Å². The van der Waals surface area contributed by atoms with Crippen LogP contribution >= 0.6 is 0 Å². The van der Waals surface area contributed by atoms with Gasteiger partial charge in [-0.2, -0.15) is 0 Å². The molecule has 7 nitrogen and oxygen atoms in total. The molecule has 1 aliphatic heterocycles. The van der Waals surface area contributed by atoms with E-state index in [1.165, 1.54) is 18.4 Å². The standard InChI is InChI=1S/C23H38N4O3/c1-18-6-7-19(22(15-18)30-17-21-5-4-13-29-21)16-26-23(24-2)25-10-11-27(12-14-28-3)20-8-9-20/h6-7,15,20-21H,4-5,8-14,16-17H2,1-3H3,(H2,24,25,26). The molecular weight excluding hydrogens is 380 g/mol. The number of aliphatic imine (C=N–C) groups is 1. The van der Waals surface area contributed by atoms with Gasteiger partial charge in [-0.1, -0.05) is 12.1 Å². The maximum absolute atomic E-state index is 6.11. The number of hydrogen-bond acceptors (Lipinski definition) is 5. The van der Waals surface area contributed by atoms with E-state index in [-0.39, 0.29) is 6.10 Å². The number of benzene rings is 1. The highest BCUT2D eigenvalue weighted by atomic mass is 16.5. The largest absolute Gasteiger partial charge is 0.491 e. The van der Waals surface area contributed by atoms with Crippen LogP contribution in [0.2, 0.25) is 0 Å². The lowest BCUT2D eigenvalue weighted by Gasteiger charge is -2.22. The first-order chi connectivity index (χ1) is 14.7. The summed E-state index contributed by atoms with van der Waals surface area (Å²) in [5.41, 5.74) is 2.32. The predicted molar refractivity (Wildman–Crippen MR) is 120 cm³/mol. The second kappa shape index (κ2) is 12.1. The molecule has 0 spiro atoms. The Kier molecular flexibility index (Phi) is 9.24. The molecule has 168 valence electrons. The molecule has 2 fully saturated rings. The zero-order valence-electron chi connectivity index (χ0n) is 18.8. The number of nitrogens with zero attached hydrogens (tertiary/aromatic N) is 2. The van der Waals surface area contributed by atoms with E-state index < -0.39 is 0 Å². The summed E-state index contributed by atoms with van der Waals surface area (Å²) in [6.45, 7) is 7.84.